The average molecular weight is 752 g/mol. The van der Waals surface area contributed by atoms with Crippen LogP contribution >= 0.6 is 0 Å². The van der Waals surface area contributed by atoms with Crippen LogP contribution in [0.2, 0.25) is 0 Å². The van der Waals surface area contributed by atoms with E-state index in [0.29, 0.717) is 31.8 Å². The number of rotatable bonds is 26. The molecule has 0 heterocycles. The number of hydrogen-bond acceptors (Lipinski definition) is 10. The molecule has 0 fully saturated rings. The molecule has 0 saturated heterocycles. The molecule has 2 N–H and O–H groups in total. The Hall–Kier alpha value is -4.78. The number of amides is 2. The lowest BCUT2D eigenvalue weighted by Gasteiger charge is -2.26. The second-order valence-corrected chi connectivity index (χ2v) is 14.5. The minimum Gasteiger partial charge on any atom is -0.489 e. The number of nitrogens with one attached hydrogen (secondary N) is 2. The number of nitrogens with zero attached hydrogens (tertiary/aromatic N) is 3. The van der Waals surface area contributed by atoms with Crippen molar-refractivity contribution in [2.24, 2.45) is 17.0 Å². The van der Waals surface area contributed by atoms with E-state index < -0.39 is 35.5 Å². The lowest BCUT2D eigenvalue weighted by molar-refractivity contribution is -0.156. The van der Waals surface area contributed by atoms with E-state index in [1.54, 1.807) is 20.8 Å². The molecule has 0 aliphatic heterocycles. The molecule has 14 heteroatoms. The third kappa shape index (κ3) is 19.9. The zero-order valence-corrected chi connectivity index (χ0v) is 32.5. The Balaban J connectivity index is 2.09. The number of Topliss-reactive ketones (excluding diaryl/α,β-unsaturated/α-hetero) is 2. The van der Waals surface area contributed by atoms with Crippen molar-refractivity contribution in [1.29, 1.82) is 0 Å². The highest BCUT2D eigenvalue weighted by atomic mass is 16.6. The predicted octanol–water partition coefficient (Wildman–Crippen LogP) is 5.84. The van der Waals surface area contributed by atoms with Crippen molar-refractivity contribution in [3.05, 3.63) is 76.2 Å². The zero-order valence-electron chi connectivity index (χ0n) is 32.5. The smallest absolute Gasteiger partial charge is 0.308 e. The van der Waals surface area contributed by atoms with Gasteiger partial charge in [-0.15, -0.1) is 0 Å². The van der Waals surface area contributed by atoms with Crippen LogP contribution in [0.5, 0.6) is 5.75 Å². The summed E-state index contributed by atoms with van der Waals surface area (Å²) >= 11 is 0. The van der Waals surface area contributed by atoms with E-state index >= 15 is 0 Å². The van der Waals surface area contributed by atoms with E-state index in [2.05, 4.69) is 20.7 Å². The van der Waals surface area contributed by atoms with Crippen LogP contribution in [-0.2, 0) is 51.2 Å². The van der Waals surface area contributed by atoms with Gasteiger partial charge in [0.05, 0.1) is 38.3 Å². The second-order valence-electron chi connectivity index (χ2n) is 14.5. The van der Waals surface area contributed by atoms with E-state index in [4.69, 9.17) is 24.5 Å². The van der Waals surface area contributed by atoms with E-state index in [0.717, 1.165) is 11.1 Å². The molecular weight excluding hydrogens is 694 g/mol. The predicted molar refractivity (Wildman–Crippen MR) is 203 cm³/mol. The number of esters is 1. The summed E-state index contributed by atoms with van der Waals surface area (Å²) in [5.74, 6) is -2.40. The van der Waals surface area contributed by atoms with Crippen LogP contribution in [0.4, 0.5) is 0 Å². The van der Waals surface area contributed by atoms with Gasteiger partial charge in [0, 0.05) is 43.7 Å². The van der Waals surface area contributed by atoms with Crippen LogP contribution in [0.25, 0.3) is 10.4 Å². The molecule has 2 amide bonds. The maximum Gasteiger partial charge on any atom is 0.308 e. The number of carbonyl (C=O) groups excluding carboxylic acids is 5. The normalized spacial score (nSPS) is 12.9. The number of azide groups is 1. The molecule has 0 aliphatic rings. The van der Waals surface area contributed by atoms with Gasteiger partial charge < -0.3 is 29.6 Å². The van der Waals surface area contributed by atoms with Crippen LogP contribution in [0.1, 0.15) is 84.8 Å². The highest BCUT2D eigenvalue weighted by Gasteiger charge is 2.32. The second kappa shape index (κ2) is 24.5. The fourth-order valence-electron chi connectivity index (χ4n) is 5.51. The molecule has 0 radical (unpaired) electrons. The van der Waals surface area contributed by atoms with Gasteiger partial charge in [0.15, 0.2) is 11.6 Å². The van der Waals surface area contributed by atoms with Crippen LogP contribution in [0.3, 0.4) is 0 Å². The summed E-state index contributed by atoms with van der Waals surface area (Å²) in [6.45, 7) is 12.0. The highest BCUT2D eigenvalue weighted by molar-refractivity contribution is 5.95. The topological polar surface area (TPSA) is 195 Å². The van der Waals surface area contributed by atoms with Crippen LogP contribution in [0.15, 0.2) is 59.7 Å². The summed E-state index contributed by atoms with van der Waals surface area (Å²) in [5, 5.41) is 8.87. The summed E-state index contributed by atoms with van der Waals surface area (Å²) in [6, 6.07) is 15.0. The van der Waals surface area contributed by atoms with Gasteiger partial charge in [0.2, 0.25) is 11.8 Å². The summed E-state index contributed by atoms with van der Waals surface area (Å²) in [6.07, 6.45) is 0.356. The molecule has 2 aromatic carbocycles. The van der Waals surface area contributed by atoms with Crippen LogP contribution in [-0.4, -0.2) is 80.0 Å². The zero-order chi connectivity index (χ0) is 39.9. The number of ketones is 2. The summed E-state index contributed by atoms with van der Waals surface area (Å²) in [5.41, 5.74) is 9.32. The lowest BCUT2D eigenvalue weighted by Crippen LogP contribution is -2.47. The van der Waals surface area contributed by atoms with Crippen molar-refractivity contribution in [3.63, 3.8) is 0 Å². The molecule has 2 rings (SSSR count). The van der Waals surface area contributed by atoms with Gasteiger partial charge in [-0.25, -0.2) is 0 Å². The number of hydrogen-bond donors (Lipinski definition) is 2. The quantitative estimate of drug-likeness (QED) is 0.0390. The molecule has 3 atom stereocenters. The molecule has 0 aromatic heterocycles. The van der Waals surface area contributed by atoms with Gasteiger partial charge in [-0.05, 0) is 74.7 Å². The number of benzene rings is 2. The molecule has 296 valence electrons. The van der Waals surface area contributed by atoms with E-state index in [-0.39, 0.29) is 75.4 Å². The first-order valence-corrected chi connectivity index (χ1v) is 18.4. The summed E-state index contributed by atoms with van der Waals surface area (Å²) < 4.78 is 22.1. The monoisotopic (exact) mass is 751 g/mol. The number of carbonyl (C=O) groups is 5. The average Bonchev–Trinajstić information content (AvgIpc) is 3.10. The first-order chi connectivity index (χ1) is 25.7. The maximum atomic E-state index is 13.8. The van der Waals surface area contributed by atoms with Gasteiger partial charge in [-0.2, -0.15) is 0 Å². The standard InChI is InChI=1S/C40H57N5O9/c1-28(2)23-32(25-37(48)34(43-29(3)46)24-30-14-16-33(17-15-30)53-27-31-11-8-7-9-12-31)39(50)44-35(26-38(49)54-40(4,5)6)36(47)13-10-19-51-21-22-52-20-18-42-45-41/h7-9,11-12,14-17,28,32,34-35H,10,13,18-27H2,1-6H3,(H,43,46)(H,44,50)/t32-,34-,35-/m0/s1. The Morgan fingerprint density at radius 1 is 0.815 bits per heavy atom. The van der Waals surface area contributed by atoms with Gasteiger partial charge in [-0.3, -0.25) is 24.0 Å². The Bertz CT molecular complexity index is 1520. The summed E-state index contributed by atoms with van der Waals surface area (Å²) in [4.78, 5) is 68.6. The molecule has 2 aromatic rings. The van der Waals surface area contributed by atoms with Crippen molar-refractivity contribution >= 4 is 29.4 Å². The number of ether oxygens (including phenoxy) is 4. The molecule has 0 aliphatic carbocycles. The van der Waals surface area contributed by atoms with Crippen molar-refractivity contribution < 1.29 is 42.9 Å². The van der Waals surface area contributed by atoms with Gasteiger partial charge in [0.1, 0.15) is 18.0 Å². The Morgan fingerprint density at radius 2 is 1.48 bits per heavy atom. The van der Waals surface area contributed by atoms with Crippen molar-refractivity contribution in [2.75, 3.05) is 33.0 Å². The molecule has 0 unspecified atom stereocenters. The highest BCUT2D eigenvalue weighted by Crippen LogP contribution is 2.21. The fourth-order valence-corrected chi connectivity index (χ4v) is 5.51. The van der Waals surface area contributed by atoms with E-state index in [1.807, 2.05) is 68.4 Å². The Labute approximate surface area is 318 Å². The minimum absolute atomic E-state index is 0.0244. The van der Waals surface area contributed by atoms with E-state index in [1.165, 1.54) is 6.92 Å². The van der Waals surface area contributed by atoms with Gasteiger partial charge >= 0.3 is 5.97 Å². The SMILES string of the molecule is CC(=O)N[C@@H](Cc1ccc(OCc2ccccc2)cc1)C(=O)C[C@H](CC(C)C)C(=O)N[C@@H](CC(=O)OC(C)(C)C)C(=O)CCCOCCOCCN=[N+]=[N-]. The molecular formula is C40H57N5O9. The largest absolute Gasteiger partial charge is 0.489 e. The fraction of sp³-hybridized carbons (Fsp3) is 0.575. The van der Waals surface area contributed by atoms with Gasteiger partial charge in [-0.1, -0.05) is 61.4 Å². The maximum absolute atomic E-state index is 13.8. The molecule has 0 saturated carbocycles. The third-order valence-corrected chi connectivity index (χ3v) is 7.93. The minimum atomic E-state index is -1.17. The van der Waals surface area contributed by atoms with Crippen molar-refractivity contribution in [1.82, 2.24) is 10.6 Å². The molecule has 54 heavy (non-hydrogen) atoms. The Kier molecular flexibility index (Phi) is 20.6. The first kappa shape index (κ1) is 45.4. The van der Waals surface area contributed by atoms with Crippen LogP contribution < -0.4 is 15.4 Å². The molecule has 0 bridgehead atoms. The van der Waals surface area contributed by atoms with Crippen molar-refractivity contribution in [2.45, 2.75) is 104 Å². The van der Waals surface area contributed by atoms with E-state index in [9.17, 15) is 24.0 Å². The van der Waals surface area contributed by atoms with Crippen molar-refractivity contribution in [3.8, 4) is 5.75 Å². The van der Waals surface area contributed by atoms with Gasteiger partial charge in [0.25, 0.3) is 0 Å². The Morgan fingerprint density at radius 3 is 2.09 bits per heavy atom. The first-order valence-electron chi connectivity index (χ1n) is 18.4. The summed E-state index contributed by atoms with van der Waals surface area (Å²) in [7, 11) is 0. The van der Waals surface area contributed by atoms with Crippen LogP contribution in [0, 0.1) is 11.8 Å². The lowest BCUT2D eigenvalue weighted by atomic mass is 9.88. The molecule has 0 spiro atoms. The third-order valence-electron chi connectivity index (χ3n) is 7.93. The molecule has 14 nitrogen and oxygen atoms in total.